The maximum absolute atomic E-state index is 13.2. The van der Waals surface area contributed by atoms with Gasteiger partial charge in [0.25, 0.3) is 5.91 Å². The highest BCUT2D eigenvalue weighted by Gasteiger charge is 2.30. The van der Waals surface area contributed by atoms with Crippen LogP contribution >= 0.6 is 32.9 Å². The second kappa shape index (κ2) is 11.8. The number of aromatic nitrogens is 1. The topological polar surface area (TPSA) is 51.2 Å². The van der Waals surface area contributed by atoms with Gasteiger partial charge < -0.3 is 10.1 Å². The summed E-state index contributed by atoms with van der Waals surface area (Å²) in [4.78, 5) is 17.9. The van der Waals surface area contributed by atoms with Crippen LogP contribution in [0.2, 0.25) is 0 Å². The molecule has 1 N–H and O–H groups in total. The number of hydrogen-bond donors (Lipinski definition) is 1. The fraction of sp³-hybridized carbons (Fsp3) is 0.429. The first kappa shape index (κ1) is 26.1. The predicted molar refractivity (Wildman–Crippen MR) is 153 cm³/mol. The Hall–Kier alpha value is -1.96. The summed E-state index contributed by atoms with van der Waals surface area (Å²) in [6, 6.07) is 15.8. The van der Waals surface area contributed by atoms with Crippen LogP contribution in [0, 0.1) is 5.92 Å². The number of nitrogens with zero attached hydrogens (tertiary/aromatic N) is 1. The number of carbonyl (C=O) groups excluding carboxylic acids is 1. The monoisotopic (exact) mass is 526 g/mol. The Balaban J connectivity index is 1.42. The van der Waals surface area contributed by atoms with E-state index in [9.17, 15) is 4.79 Å². The van der Waals surface area contributed by atoms with E-state index in [1.165, 1.54) is 19.3 Å². The molecular formula is C28H34N2O2S3. The molecular weight excluding hydrogens is 493 g/mol. The molecule has 3 aromatic rings. The lowest BCUT2D eigenvalue weighted by Gasteiger charge is -2.33. The highest BCUT2D eigenvalue weighted by atomic mass is 33.1. The van der Waals surface area contributed by atoms with Crippen molar-refractivity contribution in [3.05, 3.63) is 64.6 Å². The summed E-state index contributed by atoms with van der Waals surface area (Å²) in [7, 11) is 5.48. The Morgan fingerprint density at radius 1 is 1.14 bits per heavy atom. The second-order valence-corrected chi connectivity index (χ2v) is 13.7. The molecule has 1 aliphatic rings. The third-order valence-corrected chi connectivity index (χ3v) is 10.2. The van der Waals surface area contributed by atoms with Crippen molar-refractivity contribution in [1.82, 2.24) is 4.98 Å². The van der Waals surface area contributed by atoms with Gasteiger partial charge in [-0.05, 0) is 75.8 Å². The van der Waals surface area contributed by atoms with E-state index in [2.05, 4.69) is 25.4 Å². The lowest BCUT2D eigenvalue weighted by Crippen LogP contribution is -2.22. The van der Waals surface area contributed by atoms with Crippen LogP contribution in [0.25, 0.3) is 11.1 Å². The van der Waals surface area contributed by atoms with Crippen LogP contribution in [0.1, 0.15) is 67.4 Å². The van der Waals surface area contributed by atoms with E-state index in [0.29, 0.717) is 22.1 Å². The van der Waals surface area contributed by atoms with Crippen LogP contribution < -0.4 is 10.1 Å². The summed E-state index contributed by atoms with van der Waals surface area (Å²) in [5.41, 5.74) is 3.21. The smallest absolute Gasteiger partial charge is 0.275 e. The van der Waals surface area contributed by atoms with Crippen molar-refractivity contribution in [2.24, 2.45) is 5.92 Å². The van der Waals surface area contributed by atoms with Crippen molar-refractivity contribution in [1.29, 1.82) is 0 Å². The minimum absolute atomic E-state index is 0.178. The number of nitrogens with one attached hydrogen (secondary N) is 1. The maximum Gasteiger partial charge on any atom is 0.275 e. The number of methoxy groups -OCH3 is 1. The number of ether oxygens (including phenoxy) is 1. The molecule has 2 aromatic carbocycles. The average Bonchev–Trinajstić information content (AvgIpc) is 3.35. The molecule has 186 valence electrons. The van der Waals surface area contributed by atoms with E-state index >= 15 is 0 Å². The lowest BCUT2D eigenvalue weighted by molar-refractivity contribution is 0.102. The van der Waals surface area contributed by atoms with Crippen LogP contribution in [-0.4, -0.2) is 29.0 Å². The average molecular weight is 527 g/mol. The Kier molecular flexibility index (Phi) is 8.84. The normalized spacial score (nSPS) is 18.3. The third-order valence-electron chi connectivity index (χ3n) is 6.60. The molecule has 1 amide bonds. The first-order valence-electron chi connectivity index (χ1n) is 12.1. The Morgan fingerprint density at radius 3 is 2.57 bits per heavy atom. The van der Waals surface area contributed by atoms with Gasteiger partial charge in [0.05, 0.1) is 17.8 Å². The van der Waals surface area contributed by atoms with Gasteiger partial charge >= 0.3 is 0 Å². The number of amides is 1. The summed E-state index contributed by atoms with van der Waals surface area (Å²) in [5.74, 6) is 1.77. The predicted octanol–water partition coefficient (Wildman–Crippen LogP) is 8.52. The Morgan fingerprint density at radius 2 is 1.89 bits per heavy atom. The van der Waals surface area contributed by atoms with Gasteiger partial charge in [-0.2, -0.15) is 0 Å². The summed E-state index contributed by atoms with van der Waals surface area (Å²) < 4.78 is 5.72. The number of carbonyl (C=O) groups is 1. The molecule has 0 radical (unpaired) electrons. The summed E-state index contributed by atoms with van der Waals surface area (Å²) in [6.07, 6.45) is 8.24. The highest BCUT2D eigenvalue weighted by molar-refractivity contribution is 8.76. The molecule has 1 aromatic heterocycles. The minimum Gasteiger partial charge on any atom is -0.497 e. The van der Waals surface area contributed by atoms with Gasteiger partial charge in [-0.1, -0.05) is 51.9 Å². The van der Waals surface area contributed by atoms with Gasteiger partial charge in [0.15, 0.2) is 0 Å². The van der Waals surface area contributed by atoms with Crippen LogP contribution in [0.3, 0.4) is 0 Å². The summed E-state index contributed by atoms with van der Waals surface area (Å²) in [6.45, 7) is 4.72. The molecule has 0 bridgehead atoms. The van der Waals surface area contributed by atoms with Crippen LogP contribution in [-0.2, 0) is 0 Å². The third kappa shape index (κ3) is 6.83. The first-order chi connectivity index (χ1) is 16.9. The van der Waals surface area contributed by atoms with Gasteiger partial charge in [0, 0.05) is 27.7 Å². The highest BCUT2D eigenvalue weighted by Crippen LogP contribution is 2.44. The molecule has 4 nitrogen and oxygen atoms in total. The standard InChI is InChI=1S/C28H34N2O2S3/c1-28(2,35-33-4)17-19-10-12-21(13-11-19)27-30-25(18-34-27)26(31)29-24-16-22(32-3)14-15-23(24)20-8-6-5-7-9-20/h5-9,14-16,18-19,21H,10-13,17H2,1-4H3,(H,29,31). The van der Waals surface area contributed by atoms with E-state index in [-0.39, 0.29) is 5.91 Å². The number of rotatable bonds is 9. The zero-order valence-electron chi connectivity index (χ0n) is 20.9. The fourth-order valence-corrected chi connectivity index (χ4v) is 8.24. The van der Waals surface area contributed by atoms with Gasteiger partial charge in [-0.25, -0.2) is 4.98 Å². The first-order valence-corrected chi connectivity index (χ1v) is 15.5. The van der Waals surface area contributed by atoms with Gasteiger partial charge in [0.2, 0.25) is 0 Å². The SMILES string of the molecule is COc1ccc(-c2ccccc2)c(NC(=O)c2csc(C3CCC(CC(C)(C)SSC)CC3)n2)c1. The zero-order valence-corrected chi connectivity index (χ0v) is 23.3. The molecule has 35 heavy (non-hydrogen) atoms. The lowest BCUT2D eigenvalue weighted by atomic mass is 9.78. The number of hydrogen-bond acceptors (Lipinski definition) is 6. The van der Waals surface area contributed by atoms with Crippen molar-refractivity contribution >= 4 is 44.5 Å². The molecule has 1 saturated carbocycles. The van der Waals surface area contributed by atoms with E-state index in [0.717, 1.165) is 40.6 Å². The van der Waals surface area contributed by atoms with E-state index < -0.39 is 0 Å². The fourth-order valence-electron chi connectivity index (χ4n) is 4.96. The van der Waals surface area contributed by atoms with Crippen molar-refractivity contribution in [2.45, 2.75) is 56.6 Å². The van der Waals surface area contributed by atoms with E-state index in [4.69, 9.17) is 9.72 Å². The van der Waals surface area contributed by atoms with E-state index in [1.54, 1.807) is 18.4 Å². The molecule has 0 saturated heterocycles. The van der Waals surface area contributed by atoms with Gasteiger partial charge in [0.1, 0.15) is 11.4 Å². The number of thiazole rings is 1. The van der Waals surface area contributed by atoms with Crippen LogP contribution in [0.4, 0.5) is 5.69 Å². The molecule has 4 rings (SSSR count). The van der Waals surface area contributed by atoms with Crippen LogP contribution in [0.15, 0.2) is 53.9 Å². The summed E-state index contributed by atoms with van der Waals surface area (Å²) in [5, 5.41) is 6.08. The summed E-state index contributed by atoms with van der Waals surface area (Å²) >= 11 is 1.62. The Bertz CT molecular complexity index is 1120. The quantitative estimate of drug-likeness (QED) is 0.283. The largest absolute Gasteiger partial charge is 0.497 e. The number of anilines is 1. The molecule has 1 fully saturated rings. The van der Waals surface area contributed by atoms with Crippen molar-refractivity contribution in [3.8, 4) is 16.9 Å². The second-order valence-electron chi connectivity index (χ2n) is 9.73. The number of benzene rings is 2. The molecule has 7 heteroatoms. The molecule has 0 atom stereocenters. The Labute approximate surface area is 221 Å². The molecule has 0 aliphatic heterocycles. The van der Waals surface area contributed by atoms with Gasteiger partial charge in [-0.15, -0.1) is 11.3 Å². The van der Waals surface area contributed by atoms with Gasteiger partial charge in [-0.3, -0.25) is 4.79 Å². The van der Waals surface area contributed by atoms with Crippen molar-refractivity contribution in [2.75, 3.05) is 18.7 Å². The molecule has 0 unspecified atom stereocenters. The van der Waals surface area contributed by atoms with E-state index in [1.807, 2.05) is 75.5 Å². The molecule has 1 heterocycles. The maximum atomic E-state index is 13.2. The molecule has 0 spiro atoms. The minimum atomic E-state index is -0.178. The zero-order chi connectivity index (χ0) is 24.8. The molecule has 1 aliphatic carbocycles. The van der Waals surface area contributed by atoms with Crippen LogP contribution in [0.5, 0.6) is 5.75 Å². The van der Waals surface area contributed by atoms with Crippen molar-refractivity contribution in [3.63, 3.8) is 0 Å². The van der Waals surface area contributed by atoms with Crippen molar-refractivity contribution < 1.29 is 9.53 Å².